The number of carbonyl (C=O) groups is 3. The van der Waals surface area contributed by atoms with Crippen LogP contribution < -0.4 is 0 Å². The van der Waals surface area contributed by atoms with E-state index in [0.717, 1.165) is 5.56 Å². The minimum absolute atomic E-state index is 0.0575. The predicted octanol–water partition coefficient (Wildman–Crippen LogP) is 2.56. The summed E-state index contributed by atoms with van der Waals surface area (Å²) >= 11 is 0. The van der Waals surface area contributed by atoms with Crippen molar-refractivity contribution in [3.05, 3.63) is 35.4 Å². The Kier molecular flexibility index (Phi) is 5.85. The second-order valence-corrected chi connectivity index (χ2v) is 5.83. The molecule has 1 aromatic carbocycles. The molecule has 22 heavy (non-hydrogen) atoms. The van der Waals surface area contributed by atoms with Gasteiger partial charge in [-0.05, 0) is 19.4 Å². The van der Waals surface area contributed by atoms with Crippen molar-refractivity contribution < 1.29 is 19.5 Å². The third-order valence-corrected chi connectivity index (χ3v) is 3.88. The van der Waals surface area contributed by atoms with E-state index in [1.807, 2.05) is 13.8 Å². The largest absolute Gasteiger partial charge is 0.480 e. The Morgan fingerprint density at radius 1 is 1.00 bits per heavy atom. The highest BCUT2D eigenvalue weighted by Gasteiger charge is 2.26. The number of carbonyl (C=O) groups excluding carboxylic acids is 2. The minimum Gasteiger partial charge on any atom is -0.480 e. The Morgan fingerprint density at radius 2 is 1.50 bits per heavy atom. The van der Waals surface area contributed by atoms with Gasteiger partial charge < -0.3 is 10.0 Å². The van der Waals surface area contributed by atoms with Gasteiger partial charge in [0.15, 0.2) is 5.78 Å². The molecule has 0 heterocycles. The standard InChI is InChI=1S/C17H23NO4/c1-10(2)15(19)14-8-6-13(7-9-14)11(3)16(20)18(5)12(4)17(21)22/h6-12H,1-5H3,(H,21,22). The van der Waals surface area contributed by atoms with E-state index in [2.05, 4.69) is 0 Å². The second-order valence-electron chi connectivity index (χ2n) is 5.83. The monoisotopic (exact) mass is 305 g/mol. The number of likely N-dealkylation sites (N-methyl/N-ethyl adjacent to an activating group) is 1. The molecular weight excluding hydrogens is 282 g/mol. The summed E-state index contributed by atoms with van der Waals surface area (Å²) in [5.74, 6) is -1.79. The van der Waals surface area contributed by atoms with Gasteiger partial charge in [-0.15, -0.1) is 0 Å². The van der Waals surface area contributed by atoms with E-state index in [4.69, 9.17) is 5.11 Å². The Bertz CT molecular complexity index is 563. The number of nitrogens with zero attached hydrogens (tertiary/aromatic N) is 1. The molecule has 2 unspecified atom stereocenters. The predicted molar refractivity (Wildman–Crippen MR) is 83.9 cm³/mol. The molecule has 1 N–H and O–H groups in total. The van der Waals surface area contributed by atoms with E-state index < -0.39 is 17.9 Å². The lowest BCUT2D eigenvalue weighted by Crippen LogP contribution is -2.42. The van der Waals surface area contributed by atoms with E-state index in [9.17, 15) is 14.4 Å². The Balaban J connectivity index is 2.90. The summed E-state index contributed by atoms with van der Waals surface area (Å²) < 4.78 is 0. The maximum absolute atomic E-state index is 12.3. The number of benzene rings is 1. The Morgan fingerprint density at radius 3 is 1.91 bits per heavy atom. The van der Waals surface area contributed by atoms with Crippen LogP contribution in [0.3, 0.4) is 0 Å². The number of hydrogen-bond donors (Lipinski definition) is 1. The summed E-state index contributed by atoms with van der Waals surface area (Å²) in [5, 5.41) is 8.97. The zero-order valence-electron chi connectivity index (χ0n) is 13.7. The fraction of sp³-hybridized carbons (Fsp3) is 0.471. The molecule has 0 fully saturated rings. The van der Waals surface area contributed by atoms with Gasteiger partial charge >= 0.3 is 5.97 Å². The third-order valence-electron chi connectivity index (χ3n) is 3.88. The molecule has 1 aromatic rings. The van der Waals surface area contributed by atoms with Gasteiger partial charge in [-0.1, -0.05) is 38.1 Å². The van der Waals surface area contributed by atoms with Gasteiger partial charge in [0.25, 0.3) is 0 Å². The Hall–Kier alpha value is -2.17. The fourth-order valence-electron chi connectivity index (χ4n) is 2.07. The molecule has 0 spiro atoms. The van der Waals surface area contributed by atoms with Crippen LogP contribution >= 0.6 is 0 Å². The first-order valence-electron chi connectivity index (χ1n) is 7.30. The molecular formula is C17H23NO4. The van der Waals surface area contributed by atoms with E-state index >= 15 is 0 Å². The van der Waals surface area contributed by atoms with Crippen LogP contribution in [0.1, 0.15) is 49.5 Å². The molecule has 0 aliphatic rings. The average molecular weight is 305 g/mol. The van der Waals surface area contributed by atoms with Crippen molar-refractivity contribution in [2.45, 2.75) is 39.7 Å². The van der Waals surface area contributed by atoms with Crippen molar-refractivity contribution in [1.29, 1.82) is 0 Å². The molecule has 2 atom stereocenters. The molecule has 0 saturated carbocycles. The lowest BCUT2D eigenvalue weighted by Gasteiger charge is -2.25. The van der Waals surface area contributed by atoms with Crippen LogP contribution in [0, 0.1) is 5.92 Å². The fourth-order valence-corrected chi connectivity index (χ4v) is 2.07. The molecule has 120 valence electrons. The van der Waals surface area contributed by atoms with Crippen LogP contribution in [0.15, 0.2) is 24.3 Å². The first kappa shape index (κ1) is 17.9. The molecule has 5 heteroatoms. The van der Waals surface area contributed by atoms with Gasteiger partial charge in [-0.3, -0.25) is 9.59 Å². The molecule has 0 saturated heterocycles. The van der Waals surface area contributed by atoms with E-state index in [1.54, 1.807) is 31.2 Å². The number of carboxylic acid groups (broad SMARTS) is 1. The van der Waals surface area contributed by atoms with Crippen LogP contribution in [0.2, 0.25) is 0 Å². The third kappa shape index (κ3) is 3.93. The normalized spacial score (nSPS) is 13.5. The molecule has 1 rings (SSSR count). The number of rotatable bonds is 6. The van der Waals surface area contributed by atoms with Gasteiger partial charge in [0.2, 0.25) is 5.91 Å². The summed E-state index contributed by atoms with van der Waals surface area (Å²) in [5.41, 5.74) is 1.38. The van der Waals surface area contributed by atoms with Crippen LogP contribution in [0.25, 0.3) is 0 Å². The number of ketones is 1. The average Bonchev–Trinajstić information content (AvgIpc) is 2.51. The lowest BCUT2D eigenvalue weighted by molar-refractivity contribution is -0.148. The molecule has 5 nitrogen and oxygen atoms in total. The van der Waals surface area contributed by atoms with E-state index in [-0.39, 0.29) is 17.6 Å². The number of hydrogen-bond acceptors (Lipinski definition) is 3. The van der Waals surface area contributed by atoms with Crippen molar-refractivity contribution >= 4 is 17.7 Å². The summed E-state index contributed by atoms with van der Waals surface area (Å²) in [6.07, 6.45) is 0. The summed E-state index contributed by atoms with van der Waals surface area (Å²) in [6.45, 7) is 6.87. The van der Waals surface area contributed by atoms with Gasteiger partial charge in [0.1, 0.15) is 6.04 Å². The number of amides is 1. The van der Waals surface area contributed by atoms with Crippen LogP contribution in [-0.2, 0) is 9.59 Å². The minimum atomic E-state index is -1.04. The van der Waals surface area contributed by atoms with Crippen molar-refractivity contribution in [3.63, 3.8) is 0 Å². The summed E-state index contributed by atoms with van der Waals surface area (Å²) in [6, 6.07) is 6.04. The Labute approximate surface area is 130 Å². The first-order chi connectivity index (χ1) is 10.2. The highest BCUT2D eigenvalue weighted by Crippen LogP contribution is 2.20. The molecule has 0 radical (unpaired) electrons. The second kappa shape index (κ2) is 7.20. The molecule has 0 aliphatic heterocycles. The van der Waals surface area contributed by atoms with Crippen molar-refractivity contribution in [2.24, 2.45) is 5.92 Å². The maximum Gasteiger partial charge on any atom is 0.326 e. The smallest absolute Gasteiger partial charge is 0.326 e. The van der Waals surface area contributed by atoms with Crippen molar-refractivity contribution in [1.82, 2.24) is 4.90 Å². The molecule has 1 amide bonds. The SMILES string of the molecule is CC(C)C(=O)c1ccc(C(C)C(=O)N(C)C(C)C(=O)O)cc1. The topological polar surface area (TPSA) is 74.7 Å². The van der Waals surface area contributed by atoms with Gasteiger partial charge in [0.05, 0.1) is 5.92 Å². The van der Waals surface area contributed by atoms with Crippen molar-refractivity contribution in [2.75, 3.05) is 7.05 Å². The van der Waals surface area contributed by atoms with Crippen molar-refractivity contribution in [3.8, 4) is 0 Å². The highest BCUT2D eigenvalue weighted by molar-refractivity contribution is 5.97. The zero-order valence-corrected chi connectivity index (χ0v) is 13.7. The van der Waals surface area contributed by atoms with Crippen LogP contribution in [0.4, 0.5) is 0 Å². The summed E-state index contributed by atoms with van der Waals surface area (Å²) in [7, 11) is 1.48. The molecule has 0 aromatic heterocycles. The van der Waals surface area contributed by atoms with Crippen LogP contribution in [-0.4, -0.2) is 40.8 Å². The number of carboxylic acids is 1. The van der Waals surface area contributed by atoms with E-state index in [0.29, 0.717) is 5.56 Å². The van der Waals surface area contributed by atoms with E-state index in [1.165, 1.54) is 18.9 Å². The lowest BCUT2D eigenvalue weighted by atomic mass is 9.95. The van der Waals surface area contributed by atoms with Gasteiger partial charge in [-0.25, -0.2) is 4.79 Å². The maximum atomic E-state index is 12.3. The highest BCUT2D eigenvalue weighted by atomic mass is 16.4. The van der Waals surface area contributed by atoms with Gasteiger partial charge in [-0.2, -0.15) is 0 Å². The molecule has 0 aliphatic carbocycles. The molecule has 0 bridgehead atoms. The quantitative estimate of drug-likeness (QED) is 0.820. The zero-order chi connectivity index (χ0) is 17.0. The summed E-state index contributed by atoms with van der Waals surface area (Å²) in [4.78, 5) is 36.4. The number of aliphatic carboxylic acids is 1. The first-order valence-corrected chi connectivity index (χ1v) is 7.30. The van der Waals surface area contributed by atoms with Gasteiger partial charge in [0, 0.05) is 18.5 Å². The van der Waals surface area contributed by atoms with Crippen LogP contribution in [0.5, 0.6) is 0 Å². The number of Topliss-reactive ketones (excluding diaryl/α,β-unsaturated/α-hetero) is 1.